The summed E-state index contributed by atoms with van der Waals surface area (Å²) in [6, 6.07) is 11.1. The quantitative estimate of drug-likeness (QED) is 0.657. The monoisotopic (exact) mass is 334 g/mol. The summed E-state index contributed by atoms with van der Waals surface area (Å²) in [6.45, 7) is 4.47. The fraction of sp³-hybridized carbons (Fsp3) is 0.200. The second-order valence-electron chi connectivity index (χ2n) is 4.70. The Hall–Kier alpha value is -1.88. The highest BCUT2D eigenvalue weighted by atomic mass is 79.9. The van der Waals surface area contributed by atoms with Crippen LogP contribution in [0.5, 0.6) is 0 Å². The number of nitro benzene ring substituents is 1. The number of hydrogen-bond acceptors (Lipinski definition) is 3. The minimum absolute atomic E-state index is 0.130. The molecule has 4 nitrogen and oxygen atoms in total. The van der Waals surface area contributed by atoms with Crippen LogP contribution in [0.4, 0.5) is 11.4 Å². The summed E-state index contributed by atoms with van der Waals surface area (Å²) in [7, 11) is 0. The molecule has 0 aliphatic carbocycles. The number of nitrogens with one attached hydrogen (secondary N) is 1. The molecule has 104 valence electrons. The minimum Gasteiger partial charge on any atom is -0.380 e. The Morgan fingerprint density at radius 2 is 1.95 bits per heavy atom. The Balaban J connectivity index is 2.22. The molecule has 0 aromatic heterocycles. The van der Waals surface area contributed by atoms with Gasteiger partial charge in [-0.25, -0.2) is 0 Å². The average molecular weight is 335 g/mol. The highest BCUT2D eigenvalue weighted by Crippen LogP contribution is 2.25. The maximum Gasteiger partial charge on any atom is 0.274 e. The van der Waals surface area contributed by atoms with Gasteiger partial charge in [-0.15, -0.1) is 0 Å². The second kappa shape index (κ2) is 6.05. The van der Waals surface area contributed by atoms with E-state index >= 15 is 0 Å². The Bertz CT molecular complexity index is 656. The summed E-state index contributed by atoms with van der Waals surface area (Å²) in [5.41, 5.74) is 4.10. The summed E-state index contributed by atoms with van der Waals surface area (Å²) >= 11 is 3.35. The van der Waals surface area contributed by atoms with Gasteiger partial charge in [0.05, 0.1) is 4.92 Å². The molecule has 0 unspecified atom stereocenters. The molecule has 2 aromatic rings. The predicted molar refractivity (Wildman–Crippen MR) is 84.0 cm³/mol. The standard InChI is InChI=1S/C15H15BrN2O2/c1-10-3-5-14(11(2)7-10)17-9-12-8-13(16)4-6-15(12)18(19)20/h3-8,17H,9H2,1-2H3. The normalized spacial score (nSPS) is 10.3. The number of nitro groups is 1. The molecular weight excluding hydrogens is 320 g/mol. The van der Waals surface area contributed by atoms with E-state index < -0.39 is 0 Å². The Labute approximate surface area is 126 Å². The molecule has 1 N–H and O–H groups in total. The van der Waals surface area contributed by atoms with Crippen molar-refractivity contribution in [2.24, 2.45) is 0 Å². The van der Waals surface area contributed by atoms with Gasteiger partial charge in [-0.1, -0.05) is 33.6 Å². The molecule has 0 spiro atoms. The lowest BCUT2D eigenvalue weighted by Gasteiger charge is -2.11. The van der Waals surface area contributed by atoms with Crippen molar-refractivity contribution >= 4 is 27.3 Å². The van der Waals surface area contributed by atoms with Crippen molar-refractivity contribution in [2.75, 3.05) is 5.32 Å². The third-order valence-corrected chi connectivity index (χ3v) is 3.58. The van der Waals surface area contributed by atoms with Crippen LogP contribution in [0.3, 0.4) is 0 Å². The molecular formula is C15H15BrN2O2. The summed E-state index contributed by atoms with van der Waals surface area (Å²) in [4.78, 5) is 10.7. The lowest BCUT2D eigenvalue weighted by Crippen LogP contribution is -2.04. The molecule has 0 radical (unpaired) electrons. The first-order valence-corrected chi connectivity index (χ1v) is 7.00. The third kappa shape index (κ3) is 3.36. The van der Waals surface area contributed by atoms with Crippen molar-refractivity contribution in [3.05, 3.63) is 67.7 Å². The molecule has 0 atom stereocenters. The van der Waals surface area contributed by atoms with Gasteiger partial charge in [0, 0.05) is 28.3 Å². The molecule has 5 heteroatoms. The molecule has 0 saturated heterocycles. The molecule has 0 fully saturated rings. The SMILES string of the molecule is Cc1ccc(NCc2cc(Br)ccc2[N+](=O)[O-])c(C)c1. The fourth-order valence-electron chi connectivity index (χ4n) is 2.08. The van der Waals surface area contributed by atoms with Crippen molar-refractivity contribution in [1.29, 1.82) is 0 Å². The van der Waals surface area contributed by atoms with Gasteiger partial charge in [-0.05, 0) is 37.6 Å². The third-order valence-electron chi connectivity index (χ3n) is 3.09. The fourth-order valence-corrected chi connectivity index (χ4v) is 2.48. The van der Waals surface area contributed by atoms with Gasteiger partial charge in [-0.2, -0.15) is 0 Å². The summed E-state index contributed by atoms with van der Waals surface area (Å²) < 4.78 is 0.834. The van der Waals surface area contributed by atoms with E-state index in [0.717, 1.165) is 15.7 Å². The number of halogens is 1. The van der Waals surface area contributed by atoms with Gasteiger partial charge in [0.1, 0.15) is 0 Å². The molecule has 0 aliphatic heterocycles. The Morgan fingerprint density at radius 3 is 2.60 bits per heavy atom. The number of anilines is 1. The van der Waals surface area contributed by atoms with E-state index in [4.69, 9.17) is 0 Å². The number of rotatable bonds is 4. The summed E-state index contributed by atoms with van der Waals surface area (Å²) in [5.74, 6) is 0. The summed E-state index contributed by atoms with van der Waals surface area (Å²) in [6.07, 6.45) is 0. The maximum absolute atomic E-state index is 11.0. The molecule has 20 heavy (non-hydrogen) atoms. The van der Waals surface area contributed by atoms with E-state index in [-0.39, 0.29) is 10.6 Å². The maximum atomic E-state index is 11.0. The van der Waals surface area contributed by atoms with Crippen LogP contribution in [0, 0.1) is 24.0 Å². The lowest BCUT2D eigenvalue weighted by molar-refractivity contribution is -0.385. The van der Waals surface area contributed by atoms with E-state index in [1.54, 1.807) is 12.1 Å². The first-order valence-electron chi connectivity index (χ1n) is 6.21. The molecule has 0 amide bonds. The topological polar surface area (TPSA) is 55.2 Å². The van der Waals surface area contributed by atoms with Crippen LogP contribution < -0.4 is 5.32 Å². The van der Waals surface area contributed by atoms with E-state index in [2.05, 4.69) is 27.3 Å². The minimum atomic E-state index is -0.356. The van der Waals surface area contributed by atoms with Crippen molar-refractivity contribution in [2.45, 2.75) is 20.4 Å². The largest absolute Gasteiger partial charge is 0.380 e. The van der Waals surface area contributed by atoms with E-state index in [1.165, 1.54) is 11.6 Å². The van der Waals surface area contributed by atoms with Gasteiger partial charge in [0.15, 0.2) is 0 Å². The number of aryl methyl sites for hydroxylation is 2. The van der Waals surface area contributed by atoms with Crippen LogP contribution in [0.2, 0.25) is 0 Å². The van der Waals surface area contributed by atoms with Crippen molar-refractivity contribution < 1.29 is 4.92 Å². The molecule has 2 aromatic carbocycles. The van der Waals surface area contributed by atoms with Crippen molar-refractivity contribution in [3.8, 4) is 0 Å². The van der Waals surface area contributed by atoms with Gasteiger partial charge in [0.25, 0.3) is 5.69 Å². The van der Waals surface area contributed by atoms with Crippen LogP contribution in [0.25, 0.3) is 0 Å². The molecule has 0 saturated carbocycles. The van der Waals surface area contributed by atoms with Gasteiger partial charge in [-0.3, -0.25) is 10.1 Å². The van der Waals surface area contributed by atoms with Crippen LogP contribution in [-0.2, 0) is 6.54 Å². The molecule has 0 aliphatic rings. The first-order chi connectivity index (χ1) is 9.47. The van der Waals surface area contributed by atoms with Gasteiger partial charge in [0.2, 0.25) is 0 Å². The zero-order valence-corrected chi connectivity index (χ0v) is 12.9. The Kier molecular flexibility index (Phi) is 4.39. The average Bonchev–Trinajstić information content (AvgIpc) is 2.37. The zero-order valence-electron chi connectivity index (χ0n) is 11.3. The van der Waals surface area contributed by atoms with E-state index in [0.29, 0.717) is 12.1 Å². The van der Waals surface area contributed by atoms with E-state index in [9.17, 15) is 10.1 Å². The predicted octanol–water partition coefficient (Wildman–Crippen LogP) is 4.59. The van der Waals surface area contributed by atoms with Crippen LogP contribution >= 0.6 is 15.9 Å². The molecule has 2 rings (SSSR count). The van der Waals surface area contributed by atoms with Crippen molar-refractivity contribution in [1.82, 2.24) is 0 Å². The molecule has 0 heterocycles. The highest BCUT2D eigenvalue weighted by Gasteiger charge is 2.13. The smallest absolute Gasteiger partial charge is 0.274 e. The van der Waals surface area contributed by atoms with Gasteiger partial charge >= 0.3 is 0 Å². The zero-order chi connectivity index (χ0) is 14.7. The summed E-state index contributed by atoms with van der Waals surface area (Å²) in [5, 5.41) is 14.3. The van der Waals surface area contributed by atoms with E-state index in [1.807, 2.05) is 26.0 Å². The number of nitrogens with zero attached hydrogens (tertiary/aromatic N) is 1. The Morgan fingerprint density at radius 1 is 1.20 bits per heavy atom. The molecule has 0 bridgehead atoms. The van der Waals surface area contributed by atoms with Crippen molar-refractivity contribution in [3.63, 3.8) is 0 Å². The van der Waals surface area contributed by atoms with Crippen LogP contribution in [0.1, 0.15) is 16.7 Å². The van der Waals surface area contributed by atoms with Crippen LogP contribution in [0.15, 0.2) is 40.9 Å². The first kappa shape index (κ1) is 14.5. The van der Waals surface area contributed by atoms with Gasteiger partial charge < -0.3 is 5.32 Å². The number of hydrogen-bond donors (Lipinski definition) is 1. The second-order valence-corrected chi connectivity index (χ2v) is 5.62. The lowest BCUT2D eigenvalue weighted by atomic mass is 10.1. The van der Waals surface area contributed by atoms with Crippen LogP contribution in [-0.4, -0.2) is 4.92 Å². The highest BCUT2D eigenvalue weighted by molar-refractivity contribution is 9.10. The number of benzene rings is 2.